The molecule has 0 atom stereocenters. The molecule has 1 saturated carbocycles. The summed E-state index contributed by atoms with van der Waals surface area (Å²) in [6, 6.07) is 16.7. The number of nitrogens with one attached hydrogen (secondary N) is 2. The molecule has 3 aromatic rings. The lowest BCUT2D eigenvalue weighted by Gasteiger charge is -2.29. The second-order valence-corrected chi connectivity index (χ2v) is 8.61. The van der Waals surface area contributed by atoms with Crippen LogP contribution >= 0.6 is 0 Å². The minimum Gasteiger partial charge on any atom is -0.363 e. The summed E-state index contributed by atoms with van der Waals surface area (Å²) in [4.78, 5) is 23.4. The smallest absolute Gasteiger partial charge is 0.224 e. The number of hydrogen-bond acceptors (Lipinski definition) is 5. The van der Waals surface area contributed by atoms with E-state index in [1.165, 1.54) is 5.39 Å². The standard InChI is InChI=1S/C25H31N5O/c1-30(2)23-14-15-26-25(29-23)28-21-12-10-18(11-13-21)17-27-24(31)16-20-8-5-7-19-6-3-4-9-22(19)20/h3-9,14-15,18,21H,10-13,16-17H2,1-2H3,(H,27,31)(H,26,28,29). The number of hydrogen-bond donors (Lipinski definition) is 2. The van der Waals surface area contributed by atoms with Crippen LogP contribution in [-0.2, 0) is 11.2 Å². The van der Waals surface area contributed by atoms with Gasteiger partial charge in [-0.3, -0.25) is 4.79 Å². The van der Waals surface area contributed by atoms with Crippen molar-refractivity contribution < 1.29 is 4.79 Å². The summed E-state index contributed by atoms with van der Waals surface area (Å²) in [5, 5.41) is 8.97. The van der Waals surface area contributed by atoms with E-state index in [0.29, 0.717) is 24.3 Å². The molecule has 1 amide bonds. The highest BCUT2D eigenvalue weighted by atomic mass is 16.1. The number of nitrogens with zero attached hydrogens (tertiary/aromatic N) is 3. The van der Waals surface area contributed by atoms with Crippen LogP contribution in [0.3, 0.4) is 0 Å². The summed E-state index contributed by atoms with van der Waals surface area (Å²) >= 11 is 0. The fraction of sp³-hybridized carbons (Fsp3) is 0.400. The van der Waals surface area contributed by atoms with Crippen molar-refractivity contribution in [2.24, 2.45) is 5.92 Å². The molecule has 6 nitrogen and oxygen atoms in total. The van der Waals surface area contributed by atoms with Crippen LogP contribution in [-0.4, -0.2) is 42.6 Å². The van der Waals surface area contributed by atoms with E-state index in [1.54, 1.807) is 6.20 Å². The normalized spacial score (nSPS) is 18.5. The maximum atomic E-state index is 12.5. The summed E-state index contributed by atoms with van der Waals surface area (Å²) in [6.45, 7) is 0.753. The predicted octanol–water partition coefficient (Wildman–Crippen LogP) is 4.03. The Labute approximate surface area is 184 Å². The molecule has 1 aliphatic rings. The summed E-state index contributed by atoms with van der Waals surface area (Å²) < 4.78 is 0. The van der Waals surface area contributed by atoms with Crippen LogP contribution in [0.15, 0.2) is 54.7 Å². The number of anilines is 2. The first-order valence-electron chi connectivity index (χ1n) is 11.1. The van der Waals surface area contributed by atoms with Crippen LogP contribution in [0.2, 0.25) is 0 Å². The van der Waals surface area contributed by atoms with Crippen molar-refractivity contribution in [3.05, 3.63) is 60.3 Å². The molecule has 0 spiro atoms. The van der Waals surface area contributed by atoms with Crippen molar-refractivity contribution in [3.63, 3.8) is 0 Å². The topological polar surface area (TPSA) is 70.2 Å². The molecule has 162 valence electrons. The molecular formula is C25H31N5O. The molecular weight excluding hydrogens is 386 g/mol. The van der Waals surface area contributed by atoms with Gasteiger partial charge in [0.1, 0.15) is 5.82 Å². The zero-order chi connectivity index (χ0) is 21.6. The predicted molar refractivity (Wildman–Crippen MR) is 126 cm³/mol. The average Bonchev–Trinajstić information content (AvgIpc) is 2.79. The SMILES string of the molecule is CN(C)c1ccnc(NC2CCC(CNC(=O)Cc3cccc4ccccc34)CC2)n1. The van der Waals surface area contributed by atoms with Gasteiger partial charge in [-0.1, -0.05) is 42.5 Å². The minimum absolute atomic E-state index is 0.102. The summed E-state index contributed by atoms with van der Waals surface area (Å²) in [5.74, 6) is 2.23. The molecule has 0 bridgehead atoms. The third-order valence-electron chi connectivity index (χ3n) is 6.10. The van der Waals surface area contributed by atoms with Crippen LogP contribution in [0.5, 0.6) is 0 Å². The third kappa shape index (κ3) is 5.51. The first-order valence-corrected chi connectivity index (χ1v) is 11.1. The van der Waals surface area contributed by atoms with E-state index in [0.717, 1.165) is 49.0 Å². The van der Waals surface area contributed by atoms with Gasteiger partial charge in [-0.2, -0.15) is 4.98 Å². The van der Waals surface area contributed by atoms with Gasteiger partial charge in [-0.05, 0) is 54.0 Å². The van der Waals surface area contributed by atoms with Crippen molar-refractivity contribution >= 4 is 28.4 Å². The molecule has 2 N–H and O–H groups in total. The maximum Gasteiger partial charge on any atom is 0.224 e. The van der Waals surface area contributed by atoms with Gasteiger partial charge in [0.15, 0.2) is 0 Å². The second-order valence-electron chi connectivity index (χ2n) is 8.61. The number of fused-ring (bicyclic) bond motifs is 1. The van der Waals surface area contributed by atoms with E-state index < -0.39 is 0 Å². The van der Waals surface area contributed by atoms with Crippen LogP contribution in [0.1, 0.15) is 31.2 Å². The maximum absolute atomic E-state index is 12.5. The van der Waals surface area contributed by atoms with E-state index in [4.69, 9.17) is 0 Å². The molecule has 0 unspecified atom stereocenters. The highest BCUT2D eigenvalue weighted by Gasteiger charge is 2.22. The minimum atomic E-state index is 0.102. The van der Waals surface area contributed by atoms with Crippen LogP contribution in [0.25, 0.3) is 10.8 Å². The third-order valence-corrected chi connectivity index (χ3v) is 6.10. The Morgan fingerprint density at radius 3 is 2.61 bits per heavy atom. The Morgan fingerprint density at radius 2 is 1.81 bits per heavy atom. The van der Waals surface area contributed by atoms with Crippen LogP contribution < -0.4 is 15.5 Å². The quantitative estimate of drug-likeness (QED) is 0.607. The summed E-state index contributed by atoms with van der Waals surface area (Å²) in [6.07, 6.45) is 6.55. The average molecular weight is 418 g/mol. The van der Waals surface area contributed by atoms with E-state index >= 15 is 0 Å². The lowest BCUT2D eigenvalue weighted by molar-refractivity contribution is -0.120. The van der Waals surface area contributed by atoms with Gasteiger partial charge in [0.25, 0.3) is 0 Å². The van der Waals surface area contributed by atoms with Crippen molar-refractivity contribution in [2.45, 2.75) is 38.1 Å². The second kappa shape index (κ2) is 9.77. The molecule has 6 heteroatoms. The lowest BCUT2D eigenvalue weighted by atomic mass is 9.86. The molecule has 31 heavy (non-hydrogen) atoms. The summed E-state index contributed by atoms with van der Waals surface area (Å²) in [7, 11) is 3.96. The van der Waals surface area contributed by atoms with E-state index in [9.17, 15) is 4.79 Å². The van der Waals surface area contributed by atoms with Gasteiger partial charge in [-0.15, -0.1) is 0 Å². The summed E-state index contributed by atoms with van der Waals surface area (Å²) in [5.41, 5.74) is 1.09. The molecule has 1 aliphatic carbocycles. The van der Waals surface area contributed by atoms with Gasteiger partial charge < -0.3 is 15.5 Å². The largest absolute Gasteiger partial charge is 0.363 e. The van der Waals surface area contributed by atoms with Crippen LogP contribution in [0.4, 0.5) is 11.8 Å². The zero-order valence-corrected chi connectivity index (χ0v) is 18.3. The molecule has 4 rings (SSSR count). The Hall–Kier alpha value is -3.15. The Morgan fingerprint density at radius 1 is 1.03 bits per heavy atom. The van der Waals surface area contributed by atoms with E-state index in [1.807, 2.05) is 49.3 Å². The van der Waals surface area contributed by atoms with Gasteiger partial charge in [0.2, 0.25) is 11.9 Å². The van der Waals surface area contributed by atoms with E-state index in [-0.39, 0.29) is 5.91 Å². The van der Waals surface area contributed by atoms with Crippen molar-refractivity contribution in [1.82, 2.24) is 15.3 Å². The molecule has 0 aliphatic heterocycles. The number of benzene rings is 2. The fourth-order valence-corrected chi connectivity index (χ4v) is 4.30. The van der Waals surface area contributed by atoms with Gasteiger partial charge in [0.05, 0.1) is 6.42 Å². The van der Waals surface area contributed by atoms with Crippen molar-refractivity contribution in [1.29, 1.82) is 0 Å². The molecule has 1 aromatic heterocycles. The highest BCUT2D eigenvalue weighted by Crippen LogP contribution is 2.26. The number of amides is 1. The van der Waals surface area contributed by atoms with Crippen LogP contribution in [0, 0.1) is 5.92 Å². The molecule has 1 heterocycles. The Kier molecular flexibility index (Phi) is 6.65. The zero-order valence-electron chi connectivity index (χ0n) is 18.3. The number of carbonyl (C=O) groups excluding carboxylic acids is 1. The monoisotopic (exact) mass is 417 g/mol. The molecule has 0 saturated heterocycles. The number of rotatable bonds is 7. The molecule has 0 radical (unpaired) electrons. The molecule has 2 aromatic carbocycles. The number of carbonyl (C=O) groups is 1. The Balaban J connectivity index is 1.23. The Bertz CT molecular complexity index is 1020. The fourth-order valence-electron chi connectivity index (χ4n) is 4.30. The van der Waals surface area contributed by atoms with Gasteiger partial charge in [0, 0.05) is 32.9 Å². The first kappa shape index (κ1) is 21.1. The van der Waals surface area contributed by atoms with Gasteiger partial charge >= 0.3 is 0 Å². The van der Waals surface area contributed by atoms with E-state index in [2.05, 4.69) is 38.8 Å². The van der Waals surface area contributed by atoms with Crippen molar-refractivity contribution in [2.75, 3.05) is 30.9 Å². The number of aromatic nitrogens is 2. The lowest BCUT2D eigenvalue weighted by Crippen LogP contribution is -2.34. The van der Waals surface area contributed by atoms with Crippen molar-refractivity contribution in [3.8, 4) is 0 Å². The molecule has 1 fully saturated rings. The van der Waals surface area contributed by atoms with Gasteiger partial charge in [-0.25, -0.2) is 4.98 Å². The first-order chi connectivity index (χ1) is 15.1. The highest BCUT2D eigenvalue weighted by molar-refractivity contribution is 5.90.